The molecule has 220 valence electrons. The summed E-state index contributed by atoms with van der Waals surface area (Å²) in [5.74, 6) is -0.313. The number of rotatable bonds is 26. The van der Waals surface area contributed by atoms with Gasteiger partial charge in [-0.15, -0.1) is 0 Å². The van der Waals surface area contributed by atoms with E-state index >= 15 is 0 Å². The summed E-state index contributed by atoms with van der Waals surface area (Å²) in [5, 5.41) is 21.4. The molecule has 0 bridgehead atoms. The second-order valence-corrected chi connectivity index (χ2v) is 11.2. The Balaban J connectivity index is 2.39. The van der Waals surface area contributed by atoms with Crippen LogP contribution in [0.1, 0.15) is 135 Å². The molecule has 0 radical (unpaired) electrons. The van der Waals surface area contributed by atoms with Crippen LogP contribution in [-0.4, -0.2) is 52.9 Å². The second kappa shape index (κ2) is 24.6. The van der Waals surface area contributed by atoms with E-state index in [2.05, 4.69) is 13.8 Å². The Kier molecular flexibility index (Phi) is 22.4. The maximum atomic E-state index is 12.6. The van der Waals surface area contributed by atoms with E-state index in [4.69, 9.17) is 4.74 Å². The molecule has 0 aliphatic carbocycles. The first-order chi connectivity index (χ1) is 18.5. The van der Waals surface area contributed by atoms with E-state index in [1.54, 1.807) is 0 Å². The zero-order valence-corrected chi connectivity index (χ0v) is 24.8. The monoisotopic (exact) mass is 533 g/mol. The minimum absolute atomic E-state index is 0.0931. The molecule has 1 aromatic carbocycles. The zero-order valence-electron chi connectivity index (χ0n) is 24.8. The number of nitrogens with zero attached hydrogens (tertiary/aromatic N) is 1. The number of benzene rings is 1. The van der Waals surface area contributed by atoms with Crippen molar-refractivity contribution in [3.63, 3.8) is 0 Å². The molecule has 5 heteroatoms. The summed E-state index contributed by atoms with van der Waals surface area (Å²) in [6.45, 7) is 5.61. The van der Waals surface area contributed by atoms with E-state index in [0.29, 0.717) is 13.1 Å². The molecule has 0 saturated heterocycles. The van der Waals surface area contributed by atoms with Crippen molar-refractivity contribution in [1.82, 2.24) is 4.90 Å². The number of carbonyl (C=O) groups is 1. The molecule has 0 amide bonds. The molecule has 0 spiro atoms. The molecule has 2 N–H and O–H groups in total. The van der Waals surface area contributed by atoms with Gasteiger partial charge in [0.1, 0.15) is 6.61 Å². The zero-order chi connectivity index (χ0) is 27.7. The highest BCUT2D eigenvalue weighted by molar-refractivity contribution is 5.71. The number of esters is 1. The molecule has 0 aliphatic rings. The Morgan fingerprint density at radius 1 is 0.684 bits per heavy atom. The number of ether oxygens (including phenoxy) is 1. The van der Waals surface area contributed by atoms with Crippen molar-refractivity contribution in [2.75, 3.05) is 19.6 Å². The second-order valence-electron chi connectivity index (χ2n) is 11.2. The largest absolute Gasteiger partial charge is 0.460 e. The predicted octanol–water partition coefficient (Wildman–Crippen LogP) is 7.82. The summed E-state index contributed by atoms with van der Waals surface area (Å²) < 4.78 is 5.48. The Hall–Kier alpha value is -1.43. The standard InChI is InChI=1S/C33H59NO4/c1-3-5-7-9-11-13-15-20-24-31(35)26-34(28-33(37)38-29-30-22-18-17-19-23-30)27-32(36)25-21-16-14-12-10-8-6-4-2/h17-19,22-23,31-32,35-36H,3-16,20-21,24-29H2,1-2H3. The van der Waals surface area contributed by atoms with Crippen LogP contribution in [0, 0.1) is 0 Å². The molecule has 1 rings (SSSR count). The van der Waals surface area contributed by atoms with Crippen molar-refractivity contribution in [2.45, 2.75) is 148 Å². The summed E-state index contributed by atoms with van der Waals surface area (Å²) in [7, 11) is 0. The normalized spacial score (nSPS) is 13.1. The van der Waals surface area contributed by atoms with Crippen LogP contribution in [0.2, 0.25) is 0 Å². The highest BCUT2D eigenvalue weighted by atomic mass is 16.5. The predicted molar refractivity (Wildman–Crippen MR) is 159 cm³/mol. The van der Waals surface area contributed by atoms with Gasteiger partial charge in [-0.2, -0.15) is 0 Å². The lowest BCUT2D eigenvalue weighted by atomic mass is 10.0. The van der Waals surface area contributed by atoms with Gasteiger partial charge in [0.15, 0.2) is 0 Å². The van der Waals surface area contributed by atoms with E-state index in [0.717, 1.165) is 44.1 Å². The first kappa shape index (κ1) is 34.6. The first-order valence-corrected chi connectivity index (χ1v) is 15.8. The van der Waals surface area contributed by atoms with E-state index in [1.165, 1.54) is 77.0 Å². The van der Waals surface area contributed by atoms with Crippen LogP contribution in [-0.2, 0) is 16.1 Å². The van der Waals surface area contributed by atoms with Gasteiger partial charge in [0, 0.05) is 13.1 Å². The molecule has 0 saturated carbocycles. The Morgan fingerprint density at radius 3 is 1.55 bits per heavy atom. The minimum Gasteiger partial charge on any atom is -0.460 e. The number of hydrogen-bond acceptors (Lipinski definition) is 5. The molecule has 5 nitrogen and oxygen atoms in total. The van der Waals surface area contributed by atoms with Crippen molar-refractivity contribution in [2.24, 2.45) is 0 Å². The van der Waals surface area contributed by atoms with Gasteiger partial charge in [-0.3, -0.25) is 9.69 Å². The lowest BCUT2D eigenvalue weighted by Crippen LogP contribution is -2.41. The molecule has 1 aromatic rings. The van der Waals surface area contributed by atoms with Crippen LogP contribution in [0.5, 0.6) is 0 Å². The van der Waals surface area contributed by atoms with Gasteiger partial charge in [0.2, 0.25) is 0 Å². The fraction of sp³-hybridized carbons (Fsp3) is 0.788. The average molecular weight is 534 g/mol. The maximum absolute atomic E-state index is 12.6. The lowest BCUT2D eigenvalue weighted by molar-refractivity contribution is -0.147. The topological polar surface area (TPSA) is 70.0 Å². The summed E-state index contributed by atoms with van der Waals surface area (Å²) in [5.41, 5.74) is 0.955. The van der Waals surface area contributed by atoms with Crippen molar-refractivity contribution in [1.29, 1.82) is 0 Å². The minimum atomic E-state index is -0.493. The van der Waals surface area contributed by atoms with E-state index in [-0.39, 0.29) is 19.1 Å². The third-order valence-electron chi connectivity index (χ3n) is 7.32. The van der Waals surface area contributed by atoms with Gasteiger partial charge in [-0.25, -0.2) is 0 Å². The van der Waals surface area contributed by atoms with Gasteiger partial charge >= 0.3 is 5.97 Å². The number of aliphatic hydroxyl groups is 2. The number of hydrogen-bond donors (Lipinski definition) is 2. The van der Waals surface area contributed by atoms with Crippen molar-refractivity contribution >= 4 is 5.97 Å². The molecule has 2 atom stereocenters. The van der Waals surface area contributed by atoms with Crippen molar-refractivity contribution < 1.29 is 19.7 Å². The highest BCUT2D eigenvalue weighted by Gasteiger charge is 2.19. The quantitative estimate of drug-likeness (QED) is 0.0938. The van der Waals surface area contributed by atoms with Crippen LogP contribution in [0.3, 0.4) is 0 Å². The van der Waals surface area contributed by atoms with Gasteiger partial charge in [0.25, 0.3) is 0 Å². The smallest absolute Gasteiger partial charge is 0.320 e. The third-order valence-corrected chi connectivity index (χ3v) is 7.32. The molecule has 38 heavy (non-hydrogen) atoms. The van der Waals surface area contributed by atoms with Crippen LogP contribution in [0.15, 0.2) is 30.3 Å². The molecule has 0 heterocycles. The van der Waals surface area contributed by atoms with Gasteiger partial charge in [-0.1, -0.05) is 147 Å². The number of unbranched alkanes of at least 4 members (excludes halogenated alkanes) is 14. The fourth-order valence-corrected chi connectivity index (χ4v) is 4.98. The Bertz CT molecular complexity index is 626. The Morgan fingerprint density at radius 2 is 1.11 bits per heavy atom. The SMILES string of the molecule is CCCCCCCCCCC(O)CN(CC(=O)OCc1ccccc1)CC(O)CCCCCCCCCC. The number of carbonyl (C=O) groups excluding carboxylic acids is 1. The van der Waals surface area contributed by atoms with Crippen LogP contribution in [0.4, 0.5) is 0 Å². The number of aliphatic hydroxyl groups excluding tert-OH is 2. The molecule has 0 aliphatic heterocycles. The van der Waals surface area contributed by atoms with E-state index in [9.17, 15) is 15.0 Å². The Labute approximate surface area is 234 Å². The molecule has 0 fully saturated rings. The third kappa shape index (κ3) is 20.5. The van der Waals surface area contributed by atoms with Gasteiger partial charge < -0.3 is 14.9 Å². The van der Waals surface area contributed by atoms with Crippen LogP contribution >= 0.6 is 0 Å². The van der Waals surface area contributed by atoms with Crippen LogP contribution in [0.25, 0.3) is 0 Å². The van der Waals surface area contributed by atoms with Crippen molar-refractivity contribution in [3.8, 4) is 0 Å². The summed E-state index contributed by atoms with van der Waals surface area (Å²) in [6.07, 6.45) is 20.3. The van der Waals surface area contributed by atoms with Crippen molar-refractivity contribution in [3.05, 3.63) is 35.9 Å². The summed E-state index contributed by atoms with van der Waals surface area (Å²) >= 11 is 0. The maximum Gasteiger partial charge on any atom is 0.320 e. The molecule has 2 unspecified atom stereocenters. The highest BCUT2D eigenvalue weighted by Crippen LogP contribution is 2.14. The average Bonchev–Trinajstić information content (AvgIpc) is 2.91. The van der Waals surface area contributed by atoms with E-state index < -0.39 is 12.2 Å². The lowest BCUT2D eigenvalue weighted by Gasteiger charge is -2.26. The van der Waals surface area contributed by atoms with E-state index in [1.807, 2.05) is 35.2 Å². The van der Waals surface area contributed by atoms with Gasteiger partial charge in [0.05, 0.1) is 18.8 Å². The molecular formula is C33H59NO4. The molecular weight excluding hydrogens is 474 g/mol. The summed E-state index contributed by atoms with van der Waals surface area (Å²) in [6, 6.07) is 9.67. The first-order valence-electron chi connectivity index (χ1n) is 15.8. The molecule has 0 aromatic heterocycles. The van der Waals surface area contributed by atoms with Crippen LogP contribution < -0.4 is 0 Å². The summed E-state index contributed by atoms with van der Waals surface area (Å²) in [4.78, 5) is 14.5. The fourth-order valence-electron chi connectivity index (χ4n) is 4.98. The van der Waals surface area contributed by atoms with Gasteiger partial charge in [-0.05, 0) is 18.4 Å².